The molecule has 0 aromatic heterocycles. The van der Waals surface area contributed by atoms with E-state index in [1.165, 1.54) is 24.3 Å². The maximum absolute atomic E-state index is 12.9. The zero-order valence-corrected chi connectivity index (χ0v) is 15.5. The number of halogens is 1. The van der Waals surface area contributed by atoms with Crippen LogP contribution in [0.1, 0.15) is 12.0 Å². The fourth-order valence-electron chi connectivity index (χ4n) is 3.20. The first-order valence-electron chi connectivity index (χ1n) is 8.56. The van der Waals surface area contributed by atoms with Crippen LogP contribution in [0.25, 0.3) is 0 Å². The molecule has 0 unspecified atom stereocenters. The Morgan fingerprint density at radius 1 is 1.19 bits per heavy atom. The van der Waals surface area contributed by atoms with E-state index >= 15 is 0 Å². The molecule has 1 aliphatic heterocycles. The van der Waals surface area contributed by atoms with E-state index in [1.54, 1.807) is 7.11 Å². The summed E-state index contributed by atoms with van der Waals surface area (Å²) in [5, 5.41) is 0. The molecule has 0 aliphatic carbocycles. The smallest absolute Gasteiger partial charge is 0.215 e. The predicted octanol–water partition coefficient (Wildman–Crippen LogP) is 2.78. The summed E-state index contributed by atoms with van der Waals surface area (Å²) < 4.78 is 45.5. The Kier molecular flexibility index (Phi) is 5.78. The van der Waals surface area contributed by atoms with Crippen molar-refractivity contribution < 1.29 is 17.5 Å². The van der Waals surface area contributed by atoms with Crippen LogP contribution in [0.3, 0.4) is 0 Å². The number of benzene rings is 2. The number of nitrogens with zero attached hydrogens (tertiary/aromatic N) is 1. The van der Waals surface area contributed by atoms with Gasteiger partial charge in [-0.05, 0) is 42.2 Å². The van der Waals surface area contributed by atoms with E-state index in [2.05, 4.69) is 9.62 Å². The average Bonchev–Trinajstić information content (AvgIpc) is 3.11. The lowest BCUT2D eigenvalue weighted by Crippen LogP contribution is -2.32. The third kappa shape index (κ3) is 4.74. The lowest BCUT2D eigenvalue weighted by atomic mass is 10.1. The summed E-state index contributed by atoms with van der Waals surface area (Å²) in [6, 6.07) is 13.4. The molecule has 0 spiro atoms. The quantitative estimate of drug-likeness (QED) is 0.805. The molecule has 5 nitrogen and oxygen atoms in total. The van der Waals surface area contributed by atoms with Gasteiger partial charge in [0.15, 0.2) is 0 Å². The van der Waals surface area contributed by atoms with Gasteiger partial charge >= 0.3 is 0 Å². The SMILES string of the molecule is COc1ccccc1N1CC[C@H](CNS(=O)(=O)Cc2ccc(F)cc2)C1. The molecule has 1 atom stereocenters. The van der Waals surface area contributed by atoms with Crippen LogP contribution in [0.4, 0.5) is 10.1 Å². The summed E-state index contributed by atoms with van der Waals surface area (Å²) in [4.78, 5) is 2.22. The molecule has 26 heavy (non-hydrogen) atoms. The summed E-state index contributed by atoms with van der Waals surface area (Å²) in [6.45, 7) is 2.04. The lowest BCUT2D eigenvalue weighted by molar-refractivity contribution is 0.414. The molecular formula is C19H23FN2O3S. The molecular weight excluding hydrogens is 355 g/mol. The second-order valence-corrected chi connectivity index (χ2v) is 8.31. The van der Waals surface area contributed by atoms with E-state index < -0.39 is 10.0 Å². The highest BCUT2D eigenvalue weighted by Gasteiger charge is 2.25. The van der Waals surface area contributed by atoms with Crippen molar-refractivity contribution >= 4 is 15.7 Å². The van der Waals surface area contributed by atoms with Gasteiger partial charge in [-0.15, -0.1) is 0 Å². The summed E-state index contributed by atoms with van der Waals surface area (Å²) in [6.07, 6.45) is 0.914. The molecule has 0 bridgehead atoms. The zero-order valence-electron chi connectivity index (χ0n) is 14.7. The number of methoxy groups -OCH3 is 1. The number of ether oxygens (including phenoxy) is 1. The monoisotopic (exact) mass is 378 g/mol. The number of nitrogens with one attached hydrogen (secondary N) is 1. The van der Waals surface area contributed by atoms with Gasteiger partial charge in [0.25, 0.3) is 0 Å². The topological polar surface area (TPSA) is 58.6 Å². The van der Waals surface area contributed by atoms with Gasteiger partial charge in [0, 0.05) is 19.6 Å². The second kappa shape index (κ2) is 8.05. The first-order valence-corrected chi connectivity index (χ1v) is 10.2. The van der Waals surface area contributed by atoms with Crippen LogP contribution in [0.5, 0.6) is 5.75 Å². The van der Waals surface area contributed by atoms with Crippen LogP contribution in [0.2, 0.25) is 0 Å². The fourth-order valence-corrected chi connectivity index (χ4v) is 4.43. The minimum atomic E-state index is -3.45. The Morgan fingerprint density at radius 3 is 2.65 bits per heavy atom. The minimum absolute atomic E-state index is 0.143. The third-order valence-corrected chi connectivity index (χ3v) is 5.89. The highest BCUT2D eigenvalue weighted by molar-refractivity contribution is 7.88. The van der Waals surface area contributed by atoms with E-state index in [4.69, 9.17) is 4.74 Å². The average molecular weight is 378 g/mol. The van der Waals surface area contributed by atoms with Crippen LogP contribution in [-0.4, -0.2) is 35.2 Å². The number of para-hydroxylation sites is 2. The Labute approximate surface area is 153 Å². The predicted molar refractivity (Wildman–Crippen MR) is 100 cm³/mol. The number of hydrogen-bond donors (Lipinski definition) is 1. The van der Waals surface area contributed by atoms with Crippen molar-refractivity contribution in [1.29, 1.82) is 0 Å². The largest absolute Gasteiger partial charge is 0.495 e. The van der Waals surface area contributed by atoms with Crippen molar-refractivity contribution in [1.82, 2.24) is 4.72 Å². The summed E-state index contributed by atoms with van der Waals surface area (Å²) in [5.74, 6) is 0.547. The summed E-state index contributed by atoms with van der Waals surface area (Å²) in [5.41, 5.74) is 1.60. The van der Waals surface area contributed by atoms with Crippen molar-refractivity contribution in [3.8, 4) is 5.75 Å². The normalized spacial score (nSPS) is 17.5. The van der Waals surface area contributed by atoms with E-state index in [0.29, 0.717) is 12.1 Å². The molecule has 0 saturated carbocycles. The molecule has 1 saturated heterocycles. The van der Waals surface area contributed by atoms with Crippen molar-refractivity contribution in [2.75, 3.05) is 31.6 Å². The Morgan fingerprint density at radius 2 is 1.92 bits per heavy atom. The summed E-state index contributed by atoms with van der Waals surface area (Å²) >= 11 is 0. The highest BCUT2D eigenvalue weighted by atomic mass is 32.2. The number of hydrogen-bond acceptors (Lipinski definition) is 4. The van der Waals surface area contributed by atoms with Gasteiger partial charge in [-0.3, -0.25) is 0 Å². The van der Waals surface area contributed by atoms with Gasteiger partial charge < -0.3 is 9.64 Å². The first-order chi connectivity index (χ1) is 12.5. The summed E-state index contributed by atoms with van der Waals surface area (Å²) in [7, 11) is -1.80. The number of sulfonamides is 1. The van der Waals surface area contributed by atoms with Crippen LogP contribution in [-0.2, 0) is 15.8 Å². The number of rotatable bonds is 7. The van der Waals surface area contributed by atoms with Gasteiger partial charge in [-0.2, -0.15) is 0 Å². The van der Waals surface area contributed by atoms with E-state index in [1.807, 2.05) is 24.3 Å². The molecule has 1 heterocycles. The number of anilines is 1. The fraction of sp³-hybridized carbons (Fsp3) is 0.368. The second-order valence-electron chi connectivity index (χ2n) is 6.51. The van der Waals surface area contributed by atoms with Crippen molar-refractivity contribution in [3.05, 3.63) is 59.9 Å². The molecule has 2 aromatic carbocycles. The molecule has 1 fully saturated rings. The third-order valence-electron chi connectivity index (χ3n) is 4.57. The van der Waals surface area contributed by atoms with Gasteiger partial charge in [0.1, 0.15) is 11.6 Å². The van der Waals surface area contributed by atoms with Gasteiger partial charge in [-0.1, -0.05) is 24.3 Å². The van der Waals surface area contributed by atoms with Gasteiger partial charge in [0.05, 0.1) is 18.6 Å². The maximum Gasteiger partial charge on any atom is 0.215 e. The van der Waals surface area contributed by atoms with Crippen LogP contribution < -0.4 is 14.4 Å². The Hall–Kier alpha value is -2.12. The van der Waals surface area contributed by atoms with Gasteiger partial charge in [-0.25, -0.2) is 17.5 Å². The van der Waals surface area contributed by atoms with Crippen LogP contribution in [0.15, 0.2) is 48.5 Å². The van der Waals surface area contributed by atoms with Crippen molar-refractivity contribution in [2.24, 2.45) is 5.92 Å². The van der Waals surface area contributed by atoms with Crippen molar-refractivity contribution in [3.63, 3.8) is 0 Å². The molecule has 1 aliphatic rings. The van der Waals surface area contributed by atoms with Gasteiger partial charge in [0.2, 0.25) is 10.0 Å². The molecule has 1 N–H and O–H groups in total. The Balaban J connectivity index is 1.54. The first kappa shape index (κ1) is 18.7. The highest BCUT2D eigenvalue weighted by Crippen LogP contribution is 2.31. The lowest BCUT2D eigenvalue weighted by Gasteiger charge is -2.21. The zero-order chi connectivity index (χ0) is 18.6. The molecule has 140 valence electrons. The van der Waals surface area contributed by atoms with Crippen LogP contribution in [0, 0.1) is 11.7 Å². The minimum Gasteiger partial charge on any atom is -0.495 e. The van der Waals surface area contributed by atoms with E-state index in [0.717, 1.165) is 30.9 Å². The molecule has 3 rings (SSSR count). The maximum atomic E-state index is 12.9. The molecule has 0 radical (unpaired) electrons. The Bertz CT molecular complexity index is 840. The van der Waals surface area contributed by atoms with E-state index in [-0.39, 0.29) is 17.5 Å². The molecule has 2 aromatic rings. The van der Waals surface area contributed by atoms with E-state index in [9.17, 15) is 12.8 Å². The molecule has 7 heteroatoms. The van der Waals surface area contributed by atoms with Crippen LogP contribution >= 0.6 is 0 Å². The molecule has 0 amide bonds. The van der Waals surface area contributed by atoms with Crippen molar-refractivity contribution in [2.45, 2.75) is 12.2 Å². The standard InChI is InChI=1S/C19H23FN2O3S/c1-25-19-5-3-2-4-18(19)22-11-10-16(13-22)12-21-26(23,24)14-15-6-8-17(20)9-7-15/h2-9,16,21H,10-14H2,1H3/t16-/m1/s1.